The number of hydrogen-bond acceptors (Lipinski definition) is 6. The van der Waals surface area contributed by atoms with Crippen LogP contribution in [-0.2, 0) is 23.7 Å². The van der Waals surface area contributed by atoms with Gasteiger partial charge in [-0.25, -0.2) is 4.79 Å². The van der Waals surface area contributed by atoms with Gasteiger partial charge in [-0.1, -0.05) is 0 Å². The Kier molecular flexibility index (Phi) is 7.48. The molecule has 0 radical (unpaired) electrons. The van der Waals surface area contributed by atoms with Crippen molar-refractivity contribution in [1.82, 2.24) is 5.32 Å². The number of nitrogens with one attached hydrogen (secondary N) is 1. The smallest absolute Gasteiger partial charge is 0.407 e. The van der Waals surface area contributed by atoms with Gasteiger partial charge in [0.15, 0.2) is 5.79 Å². The molecule has 1 aliphatic heterocycles. The van der Waals surface area contributed by atoms with Crippen molar-refractivity contribution in [3.8, 4) is 0 Å². The summed E-state index contributed by atoms with van der Waals surface area (Å²) in [6, 6.07) is 0. The highest BCUT2D eigenvalue weighted by molar-refractivity contribution is 5.70. The number of ether oxygens (including phenoxy) is 4. The number of rotatable bonds is 5. The molecule has 1 heterocycles. The predicted octanol–water partition coefficient (Wildman–Crippen LogP) is 3.54. The SMILES string of the molecule is CC(C)(C)OC(=O)CC1CC(CCNC(=O)OC(C)(C)C)OC(C)(C)O1. The zero-order chi connectivity index (χ0) is 20.2. The largest absolute Gasteiger partial charge is 0.460 e. The van der Waals surface area contributed by atoms with Gasteiger partial charge in [-0.3, -0.25) is 4.79 Å². The van der Waals surface area contributed by atoms with E-state index in [0.717, 1.165) is 0 Å². The molecular formula is C19H35NO6. The van der Waals surface area contributed by atoms with Crippen LogP contribution >= 0.6 is 0 Å². The van der Waals surface area contributed by atoms with Crippen LogP contribution in [0.3, 0.4) is 0 Å². The van der Waals surface area contributed by atoms with Gasteiger partial charge in [0.05, 0.1) is 18.6 Å². The van der Waals surface area contributed by atoms with E-state index in [1.165, 1.54) is 0 Å². The normalized spacial score (nSPS) is 23.2. The molecule has 1 fully saturated rings. The van der Waals surface area contributed by atoms with Crippen LogP contribution < -0.4 is 5.32 Å². The highest BCUT2D eigenvalue weighted by atomic mass is 16.7. The summed E-state index contributed by atoms with van der Waals surface area (Å²) < 4.78 is 22.3. The molecule has 0 aliphatic carbocycles. The van der Waals surface area contributed by atoms with Gasteiger partial charge in [-0.15, -0.1) is 0 Å². The van der Waals surface area contributed by atoms with E-state index < -0.39 is 23.1 Å². The molecule has 0 saturated carbocycles. The second-order valence-corrected chi connectivity index (χ2v) is 9.12. The Labute approximate surface area is 157 Å². The van der Waals surface area contributed by atoms with E-state index >= 15 is 0 Å². The summed E-state index contributed by atoms with van der Waals surface area (Å²) in [6.45, 7) is 15.0. The van der Waals surface area contributed by atoms with Crippen LogP contribution in [0.5, 0.6) is 0 Å². The Hall–Kier alpha value is -1.34. The van der Waals surface area contributed by atoms with E-state index in [2.05, 4.69) is 5.32 Å². The van der Waals surface area contributed by atoms with Gasteiger partial charge in [-0.2, -0.15) is 0 Å². The third-order valence-electron chi connectivity index (χ3n) is 3.38. The van der Waals surface area contributed by atoms with Crippen LogP contribution in [-0.4, -0.2) is 47.8 Å². The van der Waals surface area contributed by atoms with Crippen LogP contribution in [0.15, 0.2) is 0 Å². The number of esters is 1. The van der Waals surface area contributed by atoms with Crippen molar-refractivity contribution in [1.29, 1.82) is 0 Å². The minimum Gasteiger partial charge on any atom is -0.460 e. The molecule has 26 heavy (non-hydrogen) atoms. The Morgan fingerprint density at radius 2 is 1.54 bits per heavy atom. The minimum absolute atomic E-state index is 0.124. The molecule has 7 heteroatoms. The van der Waals surface area contributed by atoms with Gasteiger partial charge >= 0.3 is 12.1 Å². The van der Waals surface area contributed by atoms with Gasteiger partial charge in [0, 0.05) is 13.0 Å². The van der Waals surface area contributed by atoms with Gasteiger partial charge < -0.3 is 24.3 Å². The molecule has 152 valence electrons. The van der Waals surface area contributed by atoms with Crippen molar-refractivity contribution in [2.45, 2.75) is 104 Å². The summed E-state index contributed by atoms with van der Waals surface area (Å²) in [4.78, 5) is 23.8. The summed E-state index contributed by atoms with van der Waals surface area (Å²) in [5, 5.41) is 2.73. The Morgan fingerprint density at radius 3 is 2.08 bits per heavy atom. The Bertz CT molecular complexity index is 489. The zero-order valence-corrected chi connectivity index (χ0v) is 17.4. The van der Waals surface area contributed by atoms with Gasteiger partial charge in [0.25, 0.3) is 0 Å². The lowest BCUT2D eigenvalue weighted by molar-refractivity contribution is -0.300. The van der Waals surface area contributed by atoms with Gasteiger partial charge in [0.2, 0.25) is 0 Å². The van der Waals surface area contributed by atoms with Gasteiger partial charge in [-0.05, 0) is 61.8 Å². The van der Waals surface area contributed by atoms with Crippen LogP contribution in [0.25, 0.3) is 0 Å². The second kappa shape index (κ2) is 8.57. The predicted molar refractivity (Wildman–Crippen MR) is 97.8 cm³/mol. The first-order valence-electron chi connectivity index (χ1n) is 9.19. The lowest BCUT2D eigenvalue weighted by Gasteiger charge is -2.40. The molecule has 1 saturated heterocycles. The third-order valence-corrected chi connectivity index (χ3v) is 3.38. The van der Waals surface area contributed by atoms with Crippen LogP contribution in [0.2, 0.25) is 0 Å². The first-order valence-corrected chi connectivity index (χ1v) is 9.19. The van der Waals surface area contributed by atoms with Crippen LogP contribution in [0.1, 0.15) is 74.7 Å². The Balaban J connectivity index is 2.49. The summed E-state index contributed by atoms with van der Waals surface area (Å²) in [6.07, 6.45) is 0.505. The fourth-order valence-electron chi connectivity index (χ4n) is 2.74. The fourth-order valence-corrected chi connectivity index (χ4v) is 2.74. The summed E-state index contributed by atoms with van der Waals surface area (Å²) >= 11 is 0. The molecule has 1 amide bonds. The standard InChI is InChI=1S/C19H35NO6/c1-17(2,3)25-15(21)12-14-11-13(23-19(7,8)24-14)9-10-20-16(22)26-18(4,5)6/h13-14H,9-12H2,1-8H3,(H,20,22). The zero-order valence-electron chi connectivity index (χ0n) is 17.4. The van der Waals surface area contributed by atoms with Crippen molar-refractivity contribution in [2.24, 2.45) is 0 Å². The molecule has 0 bridgehead atoms. The first kappa shape index (κ1) is 22.7. The van der Waals surface area contributed by atoms with Crippen molar-refractivity contribution < 1.29 is 28.5 Å². The van der Waals surface area contributed by atoms with Crippen molar-refractivity contribution in [2.75, 3.05) is 6.54 Å². The van der Waals surface area contributed by atoms with Crippen LogP contribution in [0.4, 0.5) is 4.79 Å². The van der Waals surface area contributed by atoms with Crippen molar-refractivity contribution >= 4 is 12.1 Å². The van der Waals surface area contributed by atoms with Crippen LogP contribution in [0, 0.1) is 0 Å². The molecule has 7 nitrogen and oxygen atoms in total. The highest BCUT2D eigenvalue weighted by Crippen LogP contribution is 2.30. The number of amides is 1. The second-order valence-electron chi connectivity index (χ2n) is 9.12. The average molecular weight is 373 g/mol. The third kappa shape index (κ3) is 9.97. The van der Waals surface area contributed by atoms with E-state index in [-0.39, 0.29) is 24.6 Å². The average Bonchev–Trinajstić information content (AvgIpc) is 2.31. The van der Waals surface area contributed by atoms with E-state index in [9.17, 15) is 9.59 Å². The lowest BCUT2D eigenvalue weighted by Crippen LogP contribution is -2.46. The highest BCUT2D eigenvalue weighted by Gasteiger charge is 2.37. The first-order chi connectivity index (χ1) is 11.7. The maximum Gasteiger partial charge on any atom is 0.407 e. The quantitative estimate of drug-likeness (QED) is 0.742. The number of carbonyl (C=O) groups is 2. The molecule has 0 aromatic heterocycles. The molecular weight excluding hydrogens is 338 g/mol. The minimum atomic E-state index is -0.790. The molecule has 0 spiro atoms. The summed E-state index contributed by atoms with van der Waals surface area (Å²) in [7, 11) is 0. The molecule has 1 rings (SSSR count). The molecule has 1 aliphatic rings. The lowest BCUT2D eigenvalue weighted by atomic mass is 10.0. The fraction of sp³-hybridized carbons (Fsp3) is 0.895. The molecule has 2 unspecified atom stereocenters. The molecule has 2 atom stereocenters. The van der Waals surface area contributed by atoms with E-state index in [4.69, 9.17) is 18.9 Å². The topological polar surface area (TPSA) is 83.1 Å². The summed E-state index contributed by atoms with van der Waals surface area (Å²) in [5.74, 6) is -1.08. The Morgan fingerprint density at radius 1 is 1.00 bits per heavy atom. The van der Waals surface area contributed by atoms with E-state index in [0.29, 0.717) is 19.4 Å². The van der Waals surface area contributed by atoms with Crippen molar-refractivity contribution in [3.63, 3.8) is 0 Å². The maximum absolute atomic E-state index is 12.1. The number of carbonyl (C=O) groups excluding carboxylic acids is 2. The maximum atomic E-state index is 12.1. The molecule has 0 aromatic carbocycles. The number of hydrogen-bond donors (Lipinski definition) is 1. The van der Waals surface area contributed by atoms with E-state index in [1.807, 2.05) is 55.4 Å². The molecule has 1 N–H and O–H groups in total. The molecule has 0 aromatic rings. The van der Waals surface area contributed by atoms with Gasteiger partial charge in [0.1, 0.15) is 11.2 Å². The monoisotopic (exact) mass is 373 g/mol. The van der Waals surface area contributed by atoms with Crippen molar-refractivity contribution in [3.05, 3.63) is 0 Å². The van der Waals surface area contributed by atoms with E-state index in [1.54, 1.807) is 0 Å². The summed E-state index contributed by atoms with van der Waals surface area (Å²) in [5.41, 5.74) is -1.05. The number of alkyl carbamates (subject to hydrolysis) is 1.